The Labute approximate surface area is 117 Å². The molecule has 5 heteroatoms. The van der Waals surface area contributed by atoms with Crippen molar-refractivity contribution in [3.05, 3.63) is 22.8 Å². The fourth-order valence-electron chi connectivity index (χ4n) is 1.58. The van der Waals surface area contributed by atoms with Gasteiger partial charge in [0.1, 0.15) is 4.90 Å². The van der Waals surface area contributed by atoms with E-state index in [0.29, 0.717) is 16.8 Å². The third-order valence-corrected chi connectivity index (χ3v) is 3.36. The van der Waals surface area contributed by atoms with Gasteiger partial charge in [-0.2, -0.15) is 8.42 Å². The summed E-state index contributed by atoms with van der Waals surface area (Å²) in [6.07, 6.45) is 1.25. The molecule has 0 aliphatic rings. The van der Waals surface area contributed by atoms with Crippen molar-refractivity contribution in [2.24, 2.45) is 0 Å². The maximum atomic E-state index is 11.0. The summed E-state index contributed by atoms with van der Waals surface area (Å²) in [7, 11) is -4.18. The summed E-state index contributed by atoms with van der Waals surface area (Å²) >= 11 is 0. The largest absolute Gasteiger partial charge is 0.398 e. The molecular weight excluding hydrogens is 262 g/mol. The number of hydrogen-bond donors (Lipinski definition) is 2. The topological polar surface area (TPSA) is 80.4 Å². The van der Waals surface area contributed by atoms with Crippen LogP contribution in [0.15, 0.2) is 11.0 Å². The predicted octanol–water partition coefficient (Wildman–Crippen LogP) is 3.88. The first kappa shape index (κ1) is 20.3. The fraction of sp³-hybridized carbons (Fsp3) is 0.571. The minimum Gasteiger partial charge on any atom is -0.398 e. The number of hydrogen-bond acceptors (Lipinski definition) is 3. The van der Waals surface area contributed by atoms with E-state index in [-0.39, 0.29) is 4.90 Å². The monoisotopic (exact) mass is 289 g/mol. The van der Waals surface area contributed by atoms with Crippen molar-refractivity contribution in [2.75, 3.05) is 5.73 Å². The van der Waals surface area contributed by atoms with Crippen molar-refractivity contribution in [3.8, 4) is 0 Å². The number of nitrogens with two attached hydrogens (primary N) is 1. The van der Waals surface area contributed by atoms with E-state index in [1.165, 1.54) is 6.42 Å². The molecule has 0 aromatic heterocycles. The van der Waals surface area contributed by atoms with Gasteiger partial charge >= 0.3 is 0 Å². The molecule has 0 amide bonds. The molecule has 19 heavy (non-hydrogen) atoms. The van der Waals surface area contributed by atoms with Crippen LogP contribution in [0.3, 0.4) is 0 Å². The summed E-state index contributed by atoms with van der Waals surface area (Å²) in [5.41, 5.74) is 7.81. The van der Waals surface area contributed by atoms with Crippen LogP contribution in [-0.4, -0.2) is 13.0 Å². The molecular formula is C14H27NO3S. The zero-order chi connectivity index (χ0) is 15.8. The maximum Gasteiger partial charge on any atom is 0.295 e. The highest BCUT2D eigenvalue weighted by Gasteiger charge is 2.18. The molecule has 0 spiro atoms. The molecule has 4 nitrogen and oxygen atoms in total. The van der Waals surface area contributed by atoms with Gasteiger partial charge in [-0.05, 0) is 37.5 Å². The molecule has 0 radical (unpaired) electrons. The average molecular weight is 289 g/mol. The molecule has 0 aliphatic carbocycles. The molecule has 0 unspecified atom stereocenters. The van der Waals surface area contributed by atoms with Crippen LogP contribution in [0.5, 0.6) is 0 Å². The van der Waals surface area contributed by atoms with Gasteiger partial charge in [-0.3, -0.25) is 4.55 Å². The van der Waals surface area contributed by atoms with Crippen LogP contribution in [0.2, 0.25) is 0 Å². The van der Waals surface area contributed by atoms with Gasteiger partial charge in [0.15, 0.2) is 0 Å². The van der Waals surface area contributed by atoms with Crippen LogP contribution in [0.4, 0.5) is 5.69 Å². The normalized spacial score (nSPS) is 9.89. The predicted molar refractivity (Wildman–Crippen MR) is 82.2 cm³/mol. The van der Waals surface area contributed by atoms with Crippen LogP contribution in [0.1, 0.15) is 50.8 Å². The average Bonchev–Trinajstić information content (AvgIpc) is 2.28. The minimum atomic E-state index is -4.18. The van der Waals surface area contributed by atoms with Crippen molar-refractivity contribution in [1.82, 2.24) is 0 Å². The van der Waals surface area contributed by atoms with Gasteiger partial charge < -0.3 is 5.73 Å². The lowest BCUT2D eigenvalue weighted by molar-refractivity contribution is 0.482. The molecule has 112 valence electrons. The Kier molecular flexibility index (Phi) is 9.52. The minimum absolute atomic E-state index is 0.0828. The van der Waals surface area contributed by atoms with Crippen LogP contribution in [0, 0.1) is 20.8 Å². The Morgan fingerprint density at radius 1 is 1.11 bits per heavy atom. The van der Waals surface area contributed by atoms with Crippen LogP contribution >= 0.6 is 0 Å². The SMILES string of the molecule is CC.CCC.Cc1cc(C)c(S(=O)(=O)O)c(C)c1N. The maximum absolute atomic E-state index is 11.0. The molecule has 1 aromatic rings. The molecule has 1 aromatic carbocycles. The van der Waals surface area contributed by atoms with E-state index in [4.69, 9.17) is 10.3 Å². The van der Waals surface area contributed by atoms with E-state index in [0.717, 1.165) is 5.56 Å². The van der Waals surface area contributed by atoms with Gasteiger partial charge in [0, 0.05) is 5.69 Å². The molecule has 0 saturated heterocycles. The van der Waals surface area contributed by atoms with Gasteiger partial charge in [0.05, 0.1) is 0 Å². The first-order valence-corrected chi connectivity index (χ1v) is 7.94. The van der Waals surface area contributed by atoms with Gasteiger partial charge in [0.25, 0.3) is 10.1 Å². The second-order valence-corrected chi connectivity index (χ2v) is 5.42. The summed E-state index contributed by atoms with van der Waals surface area (Å²) in [4.78, 5) is -0.0828. The smallest absolute Gasteiger partial charge is 0.295 e. The second-order valence-electron chi connectivity index (χ2n) is 4.06. The van der Waals surface area contributed by atoms with Crippen molar-refractivity contribution in [3.63, 3.8) is 0 Å². The van der Waals surface area contributed by atoms with E-state index < -0.39 is 10.1 Å². The molecule has 0 fully saturated rings. The van der Waals surface area contributed by atoms with Gasteiger partial charge in [-0.25, -0.2) is 0 Å². The van der Waals surface area contributed by atoms with Crippen LogP contribution < -0.4 is 5.73 Å². The zero-order valence-corrected chi connectivity index (χ0v) is 13.9. The number of anilines is 1. The summed E-state index contributed by atoms with van der Waals surface area (Å²) in [5, 5.41) is 0. The Hall–Kier alpha value is -1.07. The molecule has 0 saturated carbocycles. The molecule has 3 N–H and O–H groups in total. The van der Waals surface area contributed by atoms with Crippen LogP contribution in [0.25, 0.3) is 0 Å². The second kappa shape index (κ2) is 8.93. The number of nitrogen functional groups attached to an aromatic ring is 1. The molecule has 1 rings (SSSR count). The van der Waals surface area contributed by atoms with Gasteiger partial charge in [-0.15, -0.1) is 0 Å². The Morgan fingerprint density at radius 3 is 1.79 bits per heavy atom. The first-order chi connectivity index (χ1) is 8.66. The summed E-state index contributed by atoms with van der Waals surface area (Å²) in [5.74, 6) is 0. The Morgan fingerprint density at radius 2 is 1.47 bits per heavy atom. The molecule has 0 aliphatic heterocycles. The van der Waals surface area contributed by atoms with Crippen molar-refractivity contribution in [2.45, 2.75) is 59.8 Å². The third-order valence-electron chi connectivity index (χ3n) is 2.22. The van der Waals surface area contributed by atoms with Gasteiger partial charge in [0.2, 0.25) is 0 Å². The quantitative estimate of drug-likeness (QED) is 0.607. The summed E-state index contributed by atoms with van der Waals surface area (Å²) in [6, 6.07) is 1.64. The molecule has 0 bridgehead atoms. The van der Waals surface area contributed by atoms with E-state index in [9.17, 15) is 8.42 Å². The Bertz CT molecular complexity index is 494. The van der Waals surface area contributed by atoms with Gasteiger partial charge in [-0.1, -0.05) is 40.2 Å². The van der Waals surface area contributed by atoms with E-state index in [1.54, 1.807) is 26.8 Å². The highest BCUT2D eigenvalue weighted by atomic mass is 32.2. The highest BCUT2D eigenvalue weighted by molar-refractivity contribution is 7.86. The lowest BCUT2D eigenvalue weighted by atomic mass is 10.1. The van der Waals surface area contributed by atoms with Crippen molar-refractivity contribution in [1.29, 1.82) is 0 Å². The Balaban J connectivity index is 0. The molecule has 0 heterocycles. The zero-order valence-electron chi connectivity index (χ0n) is 13.0. The number of rotatable bonds is 1. The highest BCUT2D eigenvalue weighted by Crippen LogP contribution is 2.27. The van der Waals surface area contributed by atoms with Crippen molar-refractivity contribution >= 4 is 15.8 Å². The van der Waals surface area contributed by atoms with Crippen molar-refractivity contribution < 1.29 is 13.0 Å². The number of aryl methyl sites for hydroxylation is 2. The lowest BCUT2D eigenvalue weighted by Crippen LogP contribution is -2.07. The number of benzene rings is 1. The van der Waals surface area contributed by atoms with Crippen LogP contribution in [-0.2, 0) is 10.1 Å². The third kappa shape index (κ3) is 6.07. The lowest BCUT2D eigenvalue weighted by Gasteiger charge is -2.11. The fourth-order valence-corrected chi connectivity index (χ4v) is 2.54. The summed E-state index contributed by atoms with van der Waals surface area (Å²) < 4.78 is 31.1. The van der Waals surface area contributed by atoms with E-state index >= 15 is 0 Å². The molecule has 0 atom stereocenters. The summed E-state index contributed by atoms with van der Waals surface area (Å²) in [6.45, 7) is 13.3. The van der Waals surface area contributed by atoms with E-state index in [2.05, 4.69) is 13.8 Å². The first-order valence-electron chi connectivity index (χ1n) is 6.50. The standard InChI is InChI=1S/C9H13NO3S.C3H8.C2H6/c1-5-4-6(2)9(14(11,12)13)7(3)8(5)10;1-3-2;1-2/h4H,10H2,1-3H3,(H,11,12,13);3H2,1-2H3;1-2H3. The van der Waals surface area contributed by atoms with E-state index in [1.807, 2.05) is 13.8 Å².